The first-order valence-corrected chi connectivity index (χ1v) is 15.5. The zero-order valence-corrected chi connectivity index (χ0v) is 25.5. The number of anilines is 1. The molecule has 0 heterocycles. The topological polar surface area (TPSA) is 132 Å². The number of sulfonamides is 1. The van der Waals surface area contributed by atoms with Gasteiger partial charge in [0.15, 0.2) is 11.5 Å². The molecule has 4 aromatic carbocycles. The zero-order valence-electron chi connectivity index (χ0n) is 24.0. The third-order valence-corrected chi connectivity index (χ3v) is 7.59. The van der Waals surface area contributed by atoms with Gasteiger partial charge in [0.1, 0.15) is 5.75 Å². The van der Waals surface area contributed by atoms with Crippen molar-refractivity contribution in [3.8, 4) is 17.2 Å². The molecule has 0 aromatic heterocycles. The molecule has 0 spiro atoms. The summed E-state index contributed by atoms with van der Waals surface area (Å²) in [5.41, 5.74) is 3.42. The Morgan fingerprint density at radius 2 is 1.61 bits per heavy atom. The molecule has 0 aliphatic carbocycles. The van der Waals surface area contributed by atoms with E-state index in [0.717, 1.165) is 6.42 Å². The average molecular weight is 636 g/mol. The fourth-order valence-corrected chi connectivity index (χ4v) is 5.04. The van der Waals surface area contributed by atoms with Crippen LogP contribution >= 0.6 is 11.6 Å². The average Bonchev–Trinajstić information content (AvgIpc) is 3.02. The van der Waals surface area contributed by atoms with Gasteiger partial charge in [-0.3, -0.25) is 9.52 Å². The number of hydrazone groups is 1. The predicted molar refractivity (Wildman–Crippen MR) is 169 cm³/mol. The second kappa shape index (κ2) is 15.0. The number of ether oxygens (including phenoxy) is 3. The molecular formula is C32H30ClN3O7S. The first-order chi connectivity index (χ1) is 21.2. The maximum Gasteiger partial charge on any atom is 0.343 e. The molecule has 0 atom stereocenters. The van der Waals surface area contributed by atoms with Crippen molar-refractivity contribution < 1.29 is 32.2 Å². The van der Waals surface area contributed by atoms with E-state index in [0.29, 0.717) is 40.9 Å². The highest BCUT2D eigenvalue weighted by molar-refractivity contribution is 7.92. The van der Waals surface area contributed by atoms with Crippen LogP contribution in [0.4, 0.5) is 5.69 Å². The minimum absolute atomic E-state index is 0.00993. The predicted octanol–water partition coefficient (Wildman–Crippen LogP) is 6.31. The molecule has 0 saturated carbocycles. The van der Waals surface area contributed by atoms with Crippen LogP contribution < -0.4 is 24.4 Å². The summed E-state index contributed by atoms with van der Waals surface area (Å²) in [7, 11) is -3.98. The second-order valence-corrected chi connectivity index (χ2v) is 11.3. The van der Waals surface area contributed by atoms with Crippen molar-refractivity contribution in [2.24, 2.45) is 5.10 Å². The summed E-state index contributed by atoms with van der Waals surface area (Å²) in [6, 6.07) is 23.2. The van der Waals surface area contributed by atoms with E-state index in [1.54, 1.807) is 61.5 Å². The molecule has 4 aromatic rings. The molecule has 0 saturated heterocycles. The molecule has 1 amide bonds. The van der Waals surface area contributed by atoms with Crippen LogP contribution in [-0.4, -0.2) is 39.7 Å². The van der Waals surface area contributed by atoms with Crippen LogP contribution in [0.2, 0.25) is 5.02 Å². The van der Waals surface area contributed by atoms with Gasteiger partial charge in [0.05, 0.1) is 41.1 Å². The van der Waals surface area contributed by atoms with E-state index < -0.39 is 21.9 Å². The molecule has 0 aliphatic heterocycles. The standard InChI is InChI=1S/C32H30ClN3O7S/c1-3-19-42-25-14-10-23(11-15-25)32(38)43-29-18-9-22(20-30(29)41-4-2)21-34-35-31(37)27-7-5-6-8-28(27)36-44(39,40)26-16-12-24(33)13-17-26/h5-18,20-21,36H,3-4,19H2,1-2H3,(H,35,37)/b34-21-. The first kappa shape index (κ1) is 32.1. The minimum atomic E-state index is -3.98. The number of carbonyl (C=O) groups is 2. The van der Waals surface area contributed by atoms with Crippen molar-refractivity contribution in [2.45, 2.75) is 25.2 Å². The SMILES string of the molecule is CCCOc1ccc(C(=O)Oc2ccc(/C=N\NC(=O)c3ccccc3NS(=O)(=O)c3ccc(Cl)cc3)cc2OCC)cc1. The fourth-order valence-electron chi connectivity index (χ4n) is 3.84. The Bertz CT molecular complexity index is 1740. The van der Waals surface area contributed by atoms with Crippen LogP contribution in [0.15, 0.2) is 101 Å². The highest BCUT2D eigenvalue weighted by Gasteiger charge is 2.19. The van der Waals surface area contributed by atoms with Gasteiger partial charge in [0, 0.05) is 5.02 Å². The van der Waals surface area contributed by atoms with Crippen LogP contribution in [0, 0.1) is 0 Å². The summed E-state index contributed by atoms with van der Waals surface area (Å²) in [5.74, 6) is -0.0199. The fraction of sp³-hybridized carbons (Fsp3) is 0.156. The van der Waals surface area contributed by atoms with Crippen molar-refractivity contribution in [3.05, 3.63) is 113 Å². The summed E-state index contributed by atoms with van der Waals surface area (Å²) in [4.78, 5) is 25.6. The number of hydrogen-bond donors (Lipinski definition) is 2. The number of hydrogen-bond acceptors (Lipinski definition) is 8. The Morgan fingerprint density at radius 3 is 2.32 bits per heavy atom. The number of nitrogens with one attached hydrogen (secondary N) is 2. The van der Waals surface area contributed by atoms with E-state index in [1.165, 1.54) is 42.6 Å². The Morgan fingerprint density at radius 1 is 0.886 bits per heavy atom. The lowest BCUT2D eigenvalue weighted by Gasteiger charge is -2.12. The first-order valence-electron chi connectivity index (χ1n) is 13.6. The lowest BCUT2D eigenvalue weighted by molar-refractivity contribution is 0.0728. The minimum Gasteiger partial charge on any atom is -0.494 e. The summed E-state index contributed by atoms with van der Waals surface area (Å²) in [5, 5.41) is 4.39. The van der Waals surface area contributed by atoms with E-state index >= 15 is 0 Å². The Kier molecular flexibility index (Phi) is 11.0. The van der Waals surface area contributed by atoms with E-state index in [9.17, 15) is 18.0 Å². The summed E-state index contributed by atoms with van der Waals surface area (Å²) in [6.45, 7) is 4.70. The molecule has 0 fully saturated rings. The Labute approximate surface area is 260 Å². The lowest BCUT2D eigenvalue weighted by Crippen LogP contribution is -2.21. The van der Waals surface area contributed by atoms with Crippen molar-refractivity contribution in [1.29, 1.82) is 0 Å². The number of rotatable bonds is 13. The molecule has 0 aliphatic rings. The molecule has 12 heteroatoms. The Balaban J connectivity index is 1.43. The third-order valence-electron chi connectivity index (χ3n) is 5.95. The van der Waals surface area contributed by atoms with Gasteiger partial charge in [-0.25, -0.2) is 18.6 Å². The smallest absolute Gasteiger partial charge is 0.343 e. The van der Waals surface area contributed by atoms with Crippen molar-refractivity contribution in [3.63, 3.8) is 0 Å². The van der Waals surface area contributed by atoms with Crippen molar-refractivity contribution in [1.82, 2.24) is 5.43 Å². The number of carbonyl (C=O) groups excluding carboxylic acids is 2. The molecule has 0 unspecified atom stereocenters. The molecule has 4 rings (SSSR count). The summed E-state index contributed by atoms with van der Waals surface area (Å²) < 4.78 is 44.9. The number of nitrogens with zero attached hydrogens (tertiary/aromatic N) is 1. The third kappa shape index (κ3) is 8.59. The normalized spacial score (nSPS) is 11.2. The maximum atomic E-state index is 12.9. The largest absolute Gasteiger partial charge is 0.494 e. The molecule has 2 N–H and O–H groups in total. The van der Waals surface area contributed by atoms with Gasteiger partial charge in [-0.2, -0.15) is 5.10 Å². The van der Waals surface area contributed by atoms with Gasteiger partial charge < -0.3 is 14.2 Å². The van der Waals surface area contributed by atoms with Crippen molar-refractivity contribution >= 4 is 45.4 Å². The van der Waals surface area contributed by atoms with Crippen LogP contribution in [-0.2, 0) is 10.0 Å². The quantitative estimate of drug-likeness (QED) is 0.0761. The van der Waals surface area contributed by atoms with Crippen LogP contribution in [0.3, 0.4) is 0 Å². The molecule has 10 nitrogen and oxygen atoms in total. The number of benzene rings is 4. The van der Waals surface area contributed by atoms with Gasteiger partial charge in [-0.1, -0.05) is 30.7 Å². The molecule has 44 heavy (non-hydrogen) atoms. The van der Waals surface area contributed by atoms with Crippen LogP contribution in [0.1, 0.15) is 46.5 Å². The highest BCUT2D eigenvalue weighted by Crippen LogP contribution is 2.29. The van der Waals surface area contributed by atoms with Gasteiger partial charge in [-0.15, -0.1) is 0 Å². The lowest BCUT2D eigenvalue weighted by atomic mass is 10.2. The van der Waals surface area contributed by atoms with Gasteiger partial charge >= 0.3 is 5.97 Å². The summed E-state index contributed by atoms with van der Waals surface area (Å²) >= 11 is 5.86. The molecular weight excluding hydrogens is 606 g/mol. The van der Waals surface area contributed by atoms with Gasteiger partial charge in [0.2, 0.25) is 0 Å². The van der Waals surface area contributed by atoms with Crippen molar-refractivity contribution in [2.75, 3.05) is 17.9 Å². The molecule has 228 valence electrons. The number of amides is 1. The highest BCUT2D eigenvalue weighted by atomic mass is 35.5. The monoisotopic (exact) mass is 635 g/mol. The van der Waals surface area contributed by atoms with E-state index in [2.05, 4.69) is 15.2 Å². The number of para-hydroxylation sites is 1. The van der Waals surface area contributed by atoms with E-state index in [-0.39, 0.29) is 21.9 Å². The zero-order chi connectivity index (χ0) is 31.5. The van der Waals surface area contributed by atoms with Crippen LogP contribution in [0.5, 0.6) is 17.2 Å². The van der Waals surface area contributed by atoms with Gasteiger partial charge in [0.25, 0.3) is 15.9 Å². The molecule has 0 bridgehead atoms. The van der Waals surface area contributed by atoms with E-state index in [4.69, 9.17) is 25.8 Å². The van der Waals surface area contributed by atoms with Gasteiger partial charge in [-0.05, 0) is 97.8 Å². The number of esters is 1. The molecule has 0 radical (unpaired) electrons. The van der Waals surface area contributed by atoms with E-state index in [1.807, 2.05) is 6.92 Å². The maximum absolute atomic E-state index is 12.9. The second-order valence-electron chi connectivity index (χ2n) is 9.21. The number of halogens is 1. The Hall–Kier alpha value is -4.87. The van der Waals surface area contributed by atoms with Crippen LogP contribution in [0.25, 0.3) is 0 Å². The summed E-state index contributed by atoms with van der Waals surface area (Å²) in [6.07, 6.45) is 2.25.